The van der Waals surface area contributed by atoms with E-state index >= 15 is 0 Å². The molecule has 1 fully saturated rings. The van der Waals surface area contributed by atoms with Crippen LogP contribution in [0.2, 0.25) is 0 Å². The third kappa shape index (κ3) is 3.33. The zero-order valence-corrected chi connectivity index (χ0v) is 11.1. The van der Waals surface area contributed by atoms with Gasteiger partial charge in [-0.15, -0.1) is 0 Å². The number of nitrogens with one attached hydrogen (secondary N) is 1. The van der Waals surface area contributed by atoms with Gasteiger partial charge in [0.15, 0.2) is 0 Å². The Kier molecular flexibility index (Phi) is 4.37. The molecular weight excluding hydrogens is 222 g/mol. The Hall–Kier alpha value is -1.35. The Labute approximate surface area is 109 Å². The average molecular weight is 245 g/mol. The molecule has 1 aliphatic carbocycles. The Morgan fingerprint density at radius 3 is 2.72 bits per heavy atom. The van der Waals surface area contributed by atoms with Crippen LogP contribution in [-0.4, -0.2) is 11.0 Å². The van der Waals surface area contributed by atoms with Crippen LogP contribution in [0.5, 0.6) is 0 Å². The first kappa shape index (κ1) is 13.1. The van der Waals surface area contributed by atoms with Gasteiger partial charge in [-0.1, -0.05) is 12.6 Å². The van der Waals surface area contributed by atoms with Gasteiger partial charge >= 0.3 is 0 Å². The second-order valence-electron chi connectivity index (χ2n) is 5.35. The molecule has 3 N–H and O–H groups in total. The number of pyridine rings is 1. The van der Waals surface area contributed by atoms with Crippen LogP contribution < -0.4 is 11.1 Å². The molecule has 0 amide bonds. The summed E-state index contributed by atoms with van der Waals surface area (Å²) in [6, 6.07) is 4.75. The summed E-state index contributed by atoms with van der Waals surface area (Å²) in [6.45, 7) is 5.93. The second-order valence-corrected chi connectivity index (χ2v) is 5.35. The number of nitrogens with two attached hydrogens (primary N) is 1. The highest BCUT2D eigenvalue weighted by Gasteiger charge is 2.26. The number of rotatable bonds is 4. The summed E-state index contributed by atoms with van der Waals surface area (Å²) in [6.07, 6.45) is 8.42. The molecule has 1 aromatic rings. The number of hydrogen-bond acceptors (Lipinski definition) is 3. The molecule has 0 saturated heterocycles. The van der Waals surface area contributed by atoms with E-state index in [1.54, 1.807) is 6.20 Å². The molecule has 1 aromatic heterocycles. The third-order valence-electron chi connectivity index (χ3n) is 3.80. The SMILES string of the molecule is C=C(C)NC1CCC(C(N)c2cccnc2)CC1. The molecule has 0 aromatic carbocycles. The molecule has 2 rings (SSSR count). The Morgan fingerprint density at radius 1 is 1.44 bits per heavy atom. The van der Waals surface area contributed by atoms with E-state index in [2.05, 4.69) is 22.9 Å². The summed E-state index contributed by atoms with van der Waals surface area (Å²) in [5, 5.41) is 3.43. The lowest BCUT2D eigenvalue weighted by atomic mass is 9.80. The molecule has 0 radical (unpaired) electrons. The molecule has 1 atom stereocenters. The van der Waals surface area contributed by atoms with Crippen LogP contribution in [-0.2, 0) is 0 Å². The highest BCUT2D eigenvalue weighted by molar-refractivity contribution is 5.14. The first-order valence-electron chi connectivity index (χ1n) is 6.74. The predicted molar refractivity (Wildman–Crippen MR) is 74.9 cm³/mol. The summed E-state index contributed by atoms with van der Waals surface area (Å²) in [5.74, 6) is 0.581. The smallest absolute Gasteiger partial charge is 0.0338 e. The van der Waals surface area contributed by atoms with Gasteiger partial charge in [-0.05, 0) is 50.2 Å². The summed E-state index contributed by atoms with van der Waals surface area (Å²) >= 11 is 0. The third-order valence-corrected chi connectivity index (χ3v) is 3.80. The van der Waals surface area contributed by atoms with Gasteiger partial charge in [0.2, 0.25) is 0 Å². The van der Waals surface area contributed by atoms with E-state index in [9.17, 15) is 0 Å². The molecule has 1 aliphatic rings. The van der Waals surface area contributed by atoms with Crippen molar-refractivity contribution in [3.8, 4) is 0 Å². The summed E-state index contributed by atoms with van der Waals surface area (Å²) in [4.78, 5) is 4.15. The molecule has 1 unspecified atom stereocenters. The van der Waals surface area contributed by atoms with Gasteiger partial charge in [-0.25, -0.2) is 0 Å². The van der Waals surface area contributed by atoms with Crippen LogP contribution in [0.3, 0.4) is 0 Å². The fraction of sp³-hybridized carbons (Fsp3) is 0.533. The molecule has 3 nitrogen and oxygen atoms in total. The van der Waals surface area contributed by atoms with E-state index in [4.69, 9.17) is 5.73 Å². The standard InChI is InChI=1S/C15H23N3/c1-11(2)18-14-7-5-12(6-8-14)15(16)13-4-3-9-17-10-13/h3-4,9-10,12,14-15,18H,1,5-8,16H2,2H3. The fourth-order valence-corrected chi connectivity index (χ4v) is 2.82. The van der Waals surface area contributed by atoms with Gasteiger partial charge in [0.25, 0.3) is 0 Å². The second kappa shape index (κ2) is 6.01. The molecule has 0 spiro atoms. The lowest BCUT2D eigenvalue weighted by Gasteiger charge is -2.33. The van der Waals surface area contributed by atoms with Crippen molar-refractivity contribution >= 4 is 0 Å². The van der Waals surface area contributed by atoms with Crippen molar-refractivity contribution in [1.82, 2.24) is 10.3 Å². The normalized spacial score (nSPS) is 25.4. The van der Waals surface area contributed by atoms with Crippen molar-refractivity contribution in [3.63, 3.8) is 0 Å². The minimum atomic E-state index is 0.129. The first-order chi connectivity index (χ1) is 8.66. The van der Waals surface area contributed by atoms with Gasteiger partial charge in [0.05, 0.1) is 0 Å². The maximum absolute atomic E-state index is 6.34. The van der Waals surface area contributed by atoms with Crippen molar-refractivity contribution < 1.29 is 0 Å². The molecule has 1 saturated carbocycles. The van der Waals surface area contributed by atoms with Crippen molar-refractivity contribution in [2.75, 3.05) is 0 Å². The van der Waals surface area contributed by atoms with Crippen molar-refractivity contribution in [3.05, 3.63) is 42.4 Å². The predicted octanol–water partition coefficient (Wildman–Crippen LogP) is 2.76. The van der Waals surface area contributed by atoms with E-state index in [0.717, 1.165) is 11.3 Å². The van der Waals surface area contributed by atoms with Crippen molar-refractivity contribution in [2.24, 2.45) is 11.7 Å². The van der Waals surface area contributed by atoms with Crippen LogP contribution in [0.15, 0.2) is 36.8 Å². The van der Waals surface area contributed by atoms with Crippen LogP contribution >= 0.6 is 0 Å². The molecule has 98 valence electrons. The molecule has 18 heavy (non-hydrogen) atoms. The number of aromatic nitrogens is 1. The summed E-state index contributed by atoms with van der Waals surface area (Å²) in [5.41, 5.74) is 8.56. The van der Waals surface area contributed by atoms with Crippen LogP contribution in [0.25, 0.3) is 0 Å². The molecule has 3 heteroatoms. The van der Waals surface area contributed by atoms with Crippen molar-refractivity contribution in [1.29, 1.82) is 0 Å². The van der Waals surface area contributed by atoms with E-state index < -0.39 is 0 Å². The highest BCUT2D eigenvalue weighted by Crippen LogP contribution is 2.32. The summed E-state index contributed by atoms with van der Waals surface area (Å²) in [7, 11) is 0. The average Bonchev–Trinajstić information content (AvgIpc) is 2.39. The van der Waals surface area contributed by atoms with Gasteiger partial charge in [-0.2, -0.15) is 0 Å². The first-order valence-corrected chi connectivity index (χ1v) is 6.74. The van der Waals surface area contributed by atoms with Crippen LogP contribution in [0.4, 0.5) is 0 Å². The topological polar surface area (TPSA) is 50.9 Å². The zero-order valence-electron chi connectivity index (χ0n) is 11.1. The van der Waals surface area contributed by atoms with Gasteiger partial charge in [0, 0.05) is 30.2 Å². The van der Waals surface area contributed by atoms with Crippen LogP contribution in [0, 0.1) is 5.92 Å². The van der Waals surface area contributed by atoms with E-state index in [1.807, 2.05) is 19.2 Å². The van der Waals surface area contributed by atoms with Gasteiger partial charge in [0.1, 0.15) is 0 Å². The lowest BCUT2D eigenvalue weighted by Crippen LogP contribution is -2.34. The number of allylic oxidation sites excluding steroid dienone is 1. The van der Waals surface area contributed by atoms with Crippen molar-refractivity contribution in [2.45, 2.75) is 44.7 Å². The van der Waals surface area contributed by atoms with Gasteiger partial charge in [-0.3, -0.25) is 4.98 Å². The maximum atomic E-state index is 6.34. The zero-order chi connectivity index (χ0) is 13.0. The number of nitrogens with zero attached hydrogens (tertiary/aromatic N) is 1. The number of hydrogen-bond donors (Lipinski definition) is 2. The van der Waals surface area contributed by atoms with E-state index in [0.29, 0.717) is 12.0 Å². The Morgan fingerprint density at radius 2 is 2.17 bits per heavy atom. The van der Waals surface area contributed by atoms with E-state index in [-0.39, 0.29) is 6.04 Å². The fourth-order valence-electron chi connectivity index (χ4n) is 2.82. The maximum Gasteiger partial charge on any atom is 0.0338 e. The Bertz CT molecular complexity index is 380. The molecule has 0 bridgehead atoms. The molecular formula is C15H23N3. The molecule has 1 heterocycles. The largest absolute Gasteiger partial charge is 0.386 e. The summed E-state index contributed by atoms with van der Waals surface area (Å²) < 4.78 is 0. The minimum Gasteiger partial charge on any atom is -0.386 e. The van der Waals surface area contributed by atoms with E-state index in [1.165, 1.54) is 25.7 Å². The highest BCUT2D eigenvalue weighted by atomic mass is 14.9. The minimum absolute atomic E-state index is 0.129. The lowest BCUT2D eigenvalue weighted by molar-refractivity contribution is 0.268. The monoisotopic (exact) mass is 245 g/mol. The molecule has 0 aliphatic heterocycles. The van der Waals surface area contributed by atoms with Gasteiger partial charge < -0.3 is 11.1 Å². The van der Waals surface area contributed by atoms with Crippen LogP contribution in [0.1, 0.15) is 44.2 Å². The Balaban J connectivity index is 1.88. The quantitative estimate of drug-likeness (QED) is 0.857.